The molecule has 0 bridgehead atoms. The van der Waals surface area contributed by atoms with Crippen molar-refractivity contribution in [2.45, 2.75) is 30.7 Å². The number of aliphatic hydroxyl groups excluding tert-OH is 4. The molecule has 0 aliphatic carbocycles. The molecule has 5 atom stereocenters. The van der Waals surface area contributed by atoms with Gasteiger partial charge >= 0.3 is 0 Å². The van der Waals surface area contributed by atoms with Crippen molar-refractivity contribution >= 4 is 11.0 Å². The third-order valence-corrected chi connectivity index (χ3v) is 4.04. The second-order valence-electron chi connectivity index (χ2n) is 5.60. The maximum Gasteiger partial charge on any atom is 0.229 e. The predicted molar refractivity (Wildman–Crippen MR) is 83.4 cm³/mol. The van der Waals surface area contributed by atoms with Crippen molar-refractivity contribution < 1.29 is 39.1 Å². The van der Waals surface area contributed by atoms with E-state index in [4.69, 9.17) is 18.6 Å². The molecule has 1 aromatic heterocycles. The van der Waals surface area contributed by atoms with Crippen LogP contribution in [0.1, 0.15) is 0 Å². The van der Waals surface area contributed by atoms with Crippen LogP contribution in [0.15, 0.2) is 33.7 Å². The van der Waals surface area contributed by atoms with Gasteiger partial charge in [0.15, 0.2) is 16.9 Å². The van der Waals surface area contributed by atoms with Crippen LogP contribution in [0.4, 0.5) is 0 Å². The van der Waals surface area contributed by atoms with Gasteiger partial charge in [-0.3, -0.25) is 4.79 Å². The van der Waals surface area contributed by atoms with Gasteiger partial charge in [0.2, 0.25) is 6.29 Å². The van der Waals surface area contributed by atoms with Crippen molar-refractivity contribution in [2.75, 3.05) is 13.7 Å². The molecule has 4 N–H and O–H groups in total. The highest BCUT2D eigenvalue weighted by Gasteiger charge is 2.45. The van der Waals surface area contributed by atoms with E-state index in [-0.39, 0.29) is 27.9 Å². The molecule has 1 aliphatic heterocycles. The number of aliphatic hydroxyl groups is 4. The summed E-state index contributed by atoms with van der Waals surface area (Å²) < 4.78 is 21.3. The Bertz CT molecular complexity index is 800. The quantitative estimate of drug-likeness (QED) is 0.543. The average Bonchev–Trinajstić information content (AvgIpc) is 2.62. The molecule has 3 rings (SSSR count). The van der Waals surface area contributed by atoms with Gasteiger partial charge in [0.1, 0.15) is 30.0 Å². The number of ether oxygens (including phenoxy) is 3. The molecule has 9 nitrogen and oxygen atoms in total. The van der Waals surface area contributed by atoms with Gasteiger partial charge in [0, 0.05) is 12.1 Å². The first-order valence-corrected chi connectivity index (χ1v) is 7.53. The van der Waals surface area contributed by atoms with Crippen LogP contribution in [0, 0.1) is 0 Å². The zero-order valence-corrected chi connectivity index (χ0v) is 13.2. The molecule has 1 saturated heterocycles. The van der Waals surface area contributed by atoms with Gasteiger partial charge in [-0.15, -0.1) is 0 Å². The Morgan fingerprint density at radius 3 is 2.56 bits per heavy atom. The topological polar surface area (TPSA) is 139 Å². The summed E-state index contributed by atoms with van der Waals surface area (Å²) in [6, 6.07) is 4.07. The van der Waals surface area contributed by atoms with Gasteiger partial charge in [-0.1, -0.05) is 0 Å². The Morgan fingerprint density at radius 1 is 1.12 bits per heavy atom. The summed E-state index contributed by atoms with van der Waals surface area (Å²) in [6.07, 6.45) is -5.88. The highest BCUT2D eigenvalue weighted by molar-refractivity contribution is 5.80. The minimum absolute atomic E-state index is 0.0914. The van der Waals surface area contributed by atoms with E-state index < -0.39 is 37.3 Å². The molecule has 136 valence electrons. The fourth-order valence-electron chi connectivity index (χ4n) is 2.63. The van der Waals surface area contributed by atoms with E-state index in [9.17, 15) is 25.2 Å². The van der Waals surface area contributed by atoms with Gasteiger partial charge in [0.25, 0.3) is 0 Å². The minimum atomic E-state index is -1.57. The van der Waals surface area contributed by atoms with Crippen molar-refractivity contribution in [3.05, 3.63) is 34.7 Å². The zero-order valence-electron chi connectivity index (χ0n) is 13.2. The van der Waals surface area contributed by atoms with E-state index in [0.717, 1.165) is 0 Å². The third kappa shape index (κ3) is 3.20. The Morgan fingerprint density at radius 2 is 1.88 bits per heavy atom. The van der Waals surface area contributed by atoms with Crippen molar-refractivity contribution in [1.29, 1.82) is 0 Å². The van der Waals surface area contributed by atoms with Crippen LogP contribution in [0.25, 0.3) is 11.0 Å². The molecule has 0 unspecified atom stereocenters. The molecule has 1 aliphatic rings. The lowest BCUT2D eigenvalue weighted by Gasteiger charge is -2.39. The average molecular weight is 354 g/mol. The summed E-state index contributed by atoms with van der Waals surface area (Å²) in [5.41, 5.74) is -0.0353. The Hall–Kier alpha value is -2.17. The Balaban J connectivity index is 1.95. The number of rotatable bonds is 4. The number of fused-ring (bicyclic) bond motifs is 1. The number of hydrogen-bond donors (Lipinski definition) is 4. The number of hydrogen-bond acceptors (Lipinski definition) is 9. The smallest absolute Gasteiger partial charge is 0.229 e. The van der Waals surface area contributed by atoms with Crippen molar-refractivity contribution in [1.82, 2.24) is 0 Å². The molecule has 0 amide bonds. The summed E-state index contributed by atoms with van der Waals surface area (Å²) >= 11 is 0. The molecule has 1 aromatic carbocycles. The van der Waals surface area contributed by atoms with Crippen LogP contribution >= 0.6 is 0 Å². The van der Waals surface area contributed by atoms with Crippen molar-refractivity contribution in [2.24, 2.45) is 0 Å². The largest absolute Gasteiger partial charge is 0.493 e. The molecular weight excluding hydrogens is 336 g/mol. The fourth-order valence-corrected chi connectivity index (χ4v) is 2.63. The van der Waals surface area contributed by atoms with E-state index in [1.54, 1.807) is 0 Å². The molecule has 2 aromatic rings. The third-order valence-electron chi connectivity index (χ3n) is 4.04. The predicted octanol–water partition coefficient (Wildman–Crippen LogP) is -1.02. The number of methoxy groups -OCH3 is 1. The fraction of sp³-hybridized carbons (Fsp3) is 0.438. The van der Waals surface area contributed by atoms with E-state index in [1.165, 1.54) is 31.6 Å². The highest BCUT2D eigenvalue weighted by Crippen LogP contribution is 2.34. The van der Waals surface area contributed by atoms with E-state index in [0.29, 0.717) is 0 Å². The summed E-state index contributed by atoms with van der Waals surface area (Å²) in [7, 11) is 1.37. The van der Waals surface area contributed by atoms with Crippen LogP contribution in [-0.4, -0.2) is 64.8 Å². The summed E-state index contributed by atoms with van der Waals surface area (Å²) in [5.74, 6) is 0.275. The lowest BCUT2D eigenvalue weighted by molar-refractivity contribution is -0.277. The molecule has 0 spiro atoms. The second-order valence-corrected chi connectivity index (χ2v) is 5.60. The zero-order chi connectivity index (χ0) is 18.1. The van der Waals surface area contributed by atoms with Crippen LogP contribution in [0.2, 0.25) is 0 Å². The Kier molecular flexibility index (Phi) is 4.93. The second kappa shape index (κ2) is 6.98. The number of benzene rings is 1. The lowest BCUT2D eigenvalue weighted by atomic mass is 9.99. The van der Waals surface area contributed by atoms with Crippen LogP contribution in [-0.2, 0) is 4.74 Å². The molecule has 9 heteroatoms. The molecule has 2 heterocycles. The van der Waals surface area contributed by atoms with E-state index in [2.05, 4.69) is 0 Å². The van der Waals surface area contributed by atoms with Gasteiger partial charge in [-0.2, -0.15) is 0 Å². The molecule has 1 fully saturated rings. The maximum atomic E-state index is 11.9. The molecule has 25 heavy (non-hydrogen) atoms. The highest BCUT2D eigenvalue weighted by atomic mass is 16.7. The minimum Gasteiger partial charge on any atom is -0.493 e. The van der Waals surface area contributed by atoms with Crippen LogP contribution < -0.4 is 14.9 Å². The molecular formula is C16H18O9. The van der Waals surface area contributed by atoms with Crippen molar-refractivity contribution in [3.63, 3.8) is 0 Å². The van der Waals surface area contributed by atoms with Gasteiger partial charge in [0.05, 0.1) is 25.4 Å². The monoisotopic (exact) mass is 354 g/mol. The lowest BCUT2D eigenvalue weighted by Crippen LogP contribution is -2.60. The SMILES string of the molecule is COc1cc2c(=O)ccoc2cc1O[C@@H]1O[C@H](CO)[C@@H](O)[C@H](O)[C@H]1O. The van der Waals surface area contributed by atoms with Gasteiger partial charge in [-0.25, -0.2) is 0 Å². The maximum absolute atomic E-state index is 11.9. The molecule has 0 radical (unpaired) electrons. The molecule has 0 saturated carbocycles. The summed E-state index contributed by atoms with van der Waals surface area (Å²) in [4.78, 5) is 11.9. The summed E-state index contributed by atoms with van der Waals surface area (Å²) in [6.45, 7) is -0.575. The van der Waals surface area contributed by atoms with E-state index >= 15 is 0 Å². The first-order valence-electron chi connectivity index (χ1n) is 7.53. The standard InChI is InChI=1S/C16H18O9/c1-22-10-4-7-8(18)2-3-23-9(7)5-11(10)24-16-15(21)14(20)13(19)12(6-17)25-16/h2-5,12-17,19-21H,6H2,1H3/t12-,13-,14+,15-,16-/m1/s1. The van der Waals surface area contributed by atoms with Gasteiger partial charge < -0.3 is 39.1 Å². The normalized spacial score (nSPS) is 29.6. The summed E-state index contributed by atoms with van der Waals surface area (Å²) in [5, 5.41) is 39.1. The van der Waals surface area contributed by atoms with Crippen LogP contribution in [0.5, 0.6) is 11.5 Å². The first-order chi connectivity index (χ1) is 12.0. The Labute approximate surface area is 141 Å². The first kappa shape index (κ1) is 17.6. The van der Waals surface area contributed by atoms with Crippen molar-refractivity contribution in [3.8, 4) is 11.5 Å². The van der Waals surface area contributed by atoms with E-state index in [1.807, 2.05) is 0 Å². The van der Waals surface area contributed by atoms with Gasteiger partial charge in [-0.05, 0) is 6.07 Å². The van der Waals surface area contributed by atoms with Crippen LogP contribution in [0.3, 0.4) is 0 Å².